The summed E-state index contributed by atoms with van der Waals surface area (Å²) in [6.07, 6.45) is 1.77. The zero-order valence-electron chi connectivity index (χ0n) is 12.5. The van der Waals surface area contributed by atoms with Crippen molar-refractivity contribution in [3.8, 4) is 0 Å². The fraction of sp³-hybridized carbons (Fsp3) is 0.111. The monoisotopic (exact) mass is 309 g/mol. The molecule has 0 saturated heterocycles. The highest BCUT2D eigenvalue weighted by Crippen LogP contribution is 2.24. The summed E-state index contributed by atoms with van der Waals surface area (Å²) in [5, 5.41) is 6.09. The molecule has 0 spiro atoms. The van der Waals surface area contributed by atoms with Gasteiger partial charge in [-0.05, 0) is 49.2 Å². The molecule has 0 aliphatic carbocycles. The lowest BCUT2D eigenvalue weighted by molar-refractivity contribution is 1.23. The van der Waals surface area contributed by atoms with Crippen LogP contribution >= 0.6 is 11.6 Å². The largest absolute Gasteiger partial charge is 0.278 e. The Morgan fingerprint density at radius 2 is 1.82 bits per heavy atom. The normalized spacial score (nSPS) is 11.2. The maximum Gasteiger partial charge on any atom is 0.0729 e. The number of benzene rings is 2. The second-order valence-corrected chi connectivity index (χ2v) is 5.69. The molecule has 3 rings (SSSR count). The lowest BCUT2D eigenvalue weighted by Crippen LogP contribution is -1.95. The van der Waals surface area contributed by atoms with Crippen molar-refractivity contribution in [2.24, 2.45) is 5.10 Å². The second-order valence-electron chi connectivity index (χ2n) is 5.25. The van der Waals surface area contributed by atoms with E-state index in [9.17, 15) is 0 Å². The highest BCUT2D eigenvalue weighted by molar-refractivity contribution is 6.30. The van der Waals surface area contributed by atoms with Crippen molar-refractivity contribution >= 4 is 34.4 Å². The van der Waals surface area contributed by atoms with Crippen LogP contribution in [0.5, 0.6) is 0 Å². The van der Waals surface area contributed by atoms with Crippen LogP contribution in [-0.2, 0) is 0 Å². The van der Waals surface area contributed by atoms with Gasteiger partial charge < -0.3 is 0 Å². The SMILES string of the molecule is Cc1ccc2c(N/N=C/c3ccc(Cl)cc3)cc(C)nc2c1. The number of halogens is 1. The first-order valence-electron chi connectivity index (χ1n) is 7.04. The maximum absolute atomic E-state index is 5.87. The van der Waals surface area contributed by atoms with Crippen LogP contribution in [-0.4, -0.2) is 11.2 Å². The molecule has 1 aromatic heterocycles. The van der Waals surface area contributed by atoms with Gasteiger partial charge in [-0.3, -0.25) is 10.4 Å². The van der Waals surface area contributed by atoms with Gasteiger partial charge in [0.1, 0.15) is 0 Å². The molecule has 4 heteroatoms. The maximum atomic E-state index is 5.87. The molecule has 1 heterocycles. The molecule has 3 nitrogen and oxygen atoms in total. The van der Waals surface area contributed by atoms with Gasteiger partial charge in [0, 0.05) is 16.1 Å². The Balaban J connectivity index is 1.88. The van der Waals surface area contributed by atoms with Gasteiger partial charge in [-0.2, -0.15) is 5.10 Å². The van der Waals surface area contributed by atoms with E-state index in [0.29, 0.717) is 0 Å². The third-order valence-electron chi connectivity index (χ3n) is 3.36. The van der Waals surface area contributed by atoms with Crippen molar-refractivity contribution in [2.75, 3.05) is 5.43 Å². The predicted molar refractivity (Wildman–Crippen MR) is 93.9 cm³/mol. The smallest absolute Gasteiger partial charge is 0.0729 e. The van der Waals surface area contributed by atoms with E-state index in [4.69, 9.17) is 11.6 Å². The lowest BCUT2D eigenvalue weighted by Gasteiger charge is -2.07. The summed E-state index contributed by atoms with van der Waals surface area (Å²) in [4.78, 5) is 4.57. The predicted octanol–water partition coefficient (Wildman–Crippen LogP) is 4.95. The number of nitrogens with one attached hydrogen (secondary N) is 1. The van der Waals surface area contributed by atoms with Crippen molar-refractivity contribution in [1.82, 2.24) is 4.98 Å². The molecule has 1 N–H and O–H groups in total. The number of rotatable bonds is 3. The number of hydrogen-bond acceptors (Lipinski definition) is 3. The van der Waals surface area contributed by atoms with Crippen LogP contribution in [0.25, 0.3) is 10.9 Å². The number of anilines is 1. The van der Waals surface area contributed by atoms with Gasteiger partial charge in [0.05, 0.1) is 17.4 Å². The van der Waals surface area contributed by atoms with Crippen LogP contribution in [0.15, 0.2) is 53.6 Å². The molecular weight excluding hydrogens is 294 g/mol. The Kier molecular flexibility index (Phi) is 4.07. The molecule has 0 aliphatic rings. The number of hydrazone groups is 1. The quantitative estimate of drug-likeness (QED) is 0.549. The minimum Gasteiger partial charge on any atom is -0.278 e. The minimum atomic E-state index is 0.719. The summed E-state index contributed by atoms with van der Waals surface area (Å²) in [7, 11) is 0. The number of pyridine rings is 1. The van der Waals surface area contributed by atoms with Crippen LogP contribution < -0.4 is 5.43 Å². The van der Waals surface area contributed by atoms with Gasteiger partial charge >= 0.3 is 0 Å². The zero-order valence-corrected chi connectivity index (χ0v) is 13.2. The van der Waals surface area contributed by atoms with E-state index in [-0.39, 0.29) is 0 Å². The minimum absolute atomic E-state index is 0.719. The van der Waals surface area contributed by atoms with Crippen LogP contribution in [0.4, 0.5) is 5.69 Å². The molecule has 0 unspecified atom stereocenters. The number of hydrogen-bond donors (Lipinski definition) is 1. The van der Waals surface area contributed by atoms with Gasteiger partial charge in [-0.25, -0.2) is 0 Å². The van der Waals surface area contributed by atoms with Crippen molar-refractivity contribution in [1.29, 1.82) is 0 Å². The van der Waals surface area contributed by atoms with E-state index >= 15 is 0 Å². The first-order chi connectivity index (χ1) is 10.6. The van der Waals surface area contributed by atoms with Crippen molar-refractivity contribution < 1.29 is 0 Å². The first kappa shape index (κ1) is 14.5. The fourth-order valence-corrected chi connectivity index (χ4v) is 2.41. The van der Waals surface area contributed by atoms with Crippen molar-refractivity contribution in [2.45, 2.75) is 13.8 Å². The molecule has 3 aromatic rings. The van der Waals surface area contributed by atoms with Crippen LogP contribution in [0.1, 0.15) is 16.8 Å². The van der Waals surface area contributed by atoms with Gasteiger partial charge in [-0.15, -0.1) is 0 Å². The average molecular weight is 310 g/mol. The molecule has 0 saturated carbocycles. The molecular formula is C18H16ClN3. The molecule has 0 amide bonds. The summed E-state index contributed by atoms with van der Waals surface area (Å²) >= 11 is 5.87. The molecule has 0 radical (unpaired) electrons. The van der Waals surface area contributed by atoms with Crippen LogP contribution in [0.2, 0.25) is 5.02 Å². The van der Waals surface area contributed by atoms with Crippen molar-refractivity contribution in [3.05, 3.63) is 70.4 Å². The van der Waals surface area contributed by atoms with E-state index in [1.165, 1.54) is 5.56 Å². The molecule has 0 bridgehead atoms. The summed E-state index contributed by atoms with van der Waals surface area (Å²) < 4.78 is 0. The first-order valence-corrected chi connectivity index (χ1v) is 7.42. The summed E-state index contributed by atoms with van der Waals surface area (Å²) in [5.74, 6) is 0. The third-order valence-corrected chi connectivity index (χ3v) is 3.61. The van der Waals surface area contributed by atoms with Gasteiger partial charge in [0.15, 0.2) is 0 Å². The number of aryl methyl sites for hydroxylation is 2. The second kappa shape index (κ2) is 6.16. The van der Waals surface area contributed by atoms with Gasteiger partial charge in [0.2, 0.25) is 0 Å². The third kappa shape index (κ3) is 3.26. The summed E-state index contributed by atoms with van der Waals surface area (Å²) in [6, 6.07) is 15.8. The number of aromatic nitrogens is 1. The number of fused-ring (bicyclic) bond motifs is 1. The number of nitrogens with zero attached hydrogens (tertiary/aromatic N) is 2. The molecule has 22 heavy (non-hydrogen) atoms. The molecule has 0 fully saturated rings. The van der Waals surface area contributed by atoms with E-state index in [0.717, 1.165) is 32.9 Å². The lowest BCUT2D eigenvalue weighted by atomic mass is 10.1. The zero-order chi connectivity index (χ0) is 15.5. The Morgan fingerprint density at radius 1 is 1.05 bits per heavy atom. The van der Waals surface area contributed by atoms with Crippen molar-refractivity contribution in [3.63, 3.8) is 0 Å². The van der Waals surface area contributed by atoms with Gasteiger partial charge in [0.25, 0.3) is 0 Å². The Hall–Kier alpha value is -2.39. The molecule has 2 aromatic carbocycles. The molecule has 0 atom stereocenters. The average Bonchev–Trinajstić information content (AvgIpc) is 2.48. The summed E-state index contributed by atoms with van der Waals surface area (Å²) in [6.45, 7) is 4.05. The Morgan fingerprint density at radius 3 is 2.59 bits per heavy atom. The van der Waals surface area contributed by atoms with Crippen LogP contribution in [0.3, 0.4) is 0 Å². The Bertz CT molecular complexity index is 834. The standard InChI is InChI=1S/C18H16ClN3/c1-12-3-8-16-17(9-12)21-13(2)10-18(16)22-20-11-14-4-6-15(19)7-5-14/h3-11H,1-2H3,(H,21,22)/b20-11+. The van der Waals surface area contributed by atoms with E-state index < -0.39 is 0 Å². The fourth-order valence-electron chi connectivity index (χ4n) is 2.29. The van der Waals surface area contributed by atoms with E-state index in [1.54, 1.807) is 6.21 Å². The molecule has 0 aliphatic heterocycles. The topological polar surface area (TPSA) is 37.3 Å². The van der Waals surface area contributed by atoms with Gasteiger partial charge in [-0.1, -0.05) is 35.9 Å². The molecule has 110 valence electrons. The summed E-state index contributed by atoms with van der Waals surface area (Å²) in [5.41, 5.74) is 8.18. The van der Waals surface area contributed by atoms with Crippen LogP contribution in [0, 0.1) is 13.8 Å². The van der Waals surface area contributed by atoms with E-state index in [2.05, 4.69) is 40.6 Å². The highest BCUT2D eigenvalue weighted by Gasteiger charge is 2.03. The Labute approximate surface area is 134 Å². The van der Waals surface area contributed by atoms with E-state index in [1.807, 2.05) is 37.3 Å². The highest BCUT2D eigenvalue weighted by atomic mass is 35.5.